The molecular formula is C18H20N2O3S. The Morgan fingerprint density at radius 1 is 1.12 bits per heavy atom. The average molecular weight is 344 g/mol. The van der Waals surface area contributed by atoms with Crippen molar-refractivity contribution < 1.29 is 13.2 Å². The molecule has 1 unspecified atom stereocenters. The lowest BCUT2D eigenvalue weighted by Gasteiger charge is -2.22. The Morgan fingerprint density at radius 2 is 1.92 bits per heavy atom. The molecule has 1 aliphatic heterocycles. The molecular weight excluding hydrogens is 324 g/mol. The van der Waals surface area contributed by atoms with Crippen molar-refractivity contribution in [2.24, 2.45) is 5.92 Å². The van der Waals surface area contributed by atoms with Gasteiger partial charge in [-0.2, -0.15) is 4.31 Å². The number of aromatic nitrogens is 1. The molecule has 0 saturated heterocycles. The first-order valence-electron chi connectivity index (χ1n) is 8.28. The van der Waals surface area contributed by atoms with Gasteiger partial charge in [0.15, 0.2) is 0 Å². The first kappa shape index (κ1) is 15.6. The van der Waals surface area contributed by atoms with Crippen molar-refractivity contribution in [1.82, 2.24) is 9.29 Å². The van der Waals surface area contributed by atoms with Crippen LogP contribution < -0.4 is 4.74 Å². The third-order valence-electron chi connectivity index (χ3n) is 4.50. The predicted molar refractivity (Wildman–Crippen MR) is 90.3 cm³/mol. The van der Waals surface area contributed by atoms with Crippen molar-refractivity contribution in [3.05, 3.63) is 54.2 Å². The van der Waals surface area contributed by atoms with E-state index >= 15 is 0 Å². The number of rotatable bonds is 4. The Balaban J connectivity index is 1.67. The first-order valence-corrected chi connectivity index (χ1v) is 9.73. The summed E-state index contributed by atoms with van der Waals surface area (Å²) in [5.74, 6) is 0.701. The molecule has 6 heteroatoms. The maximum absolute atomic E-state index is 13.0. The van der Waals surface area contributed by atoms with E-state index in [1.165, 1.54) is 0 Å². The largest absolute Gasteiger partial charge is 0.472 e. The first-order chi connectivity index (χ1) is 11.6. The number of pyridine rings is 1. The van der Waals surface area contributed by atoms with Gasteiger partial charge in [0.2, 0.25) is 15.9 Å². The average Bonchev–Trinajstić information content (AvgIpc) is 3.40. The van der Waals surface area contributed by atoms with Crippen molar-refractivity contribution in [2.75, 3.05) is 13.1 Å². The SMILES string of the molecule is O=S1(=O)c2cccnc2OC(Cc2ccccc2)CN1CC1CC1. The maximum atomic E-state index is 13.0. The fourth-order valence-electron chi connectivity index (χ4n) is 3.06. The van der Waals surface area contributed by atoms with Crippen LogP contribution in [-0.4, -0.2) is 36.9 Å². The van der Waals surface area contributed by atoms with E-state index in [4.69, 9.17) is 4.74 Å². The van der Waals surface area contributed by atoms with Crippen LogP contribution in [0.1, 0.15) is 18.4 Å². The molecule has 2 heterocycles. The van der Waals surface area contributed by atoms with Crippen LogP contribution in [0.4, 0.5) is 0 Å². The highest BCUT2D eigenvalue weighted by molar-refractivity contribution is 7.89. The van der Waals surface area contributed by atoms with Crippen LogP contribution in [0.2, 0.25) is 0 Å². The second-order valence-corrected chi connectivity index (χ2v) is 8.41. The van der Waals surface area contributed by atoms with E-state index in [0.29, 0.717) is 25.4 Å². The van der Waals surface area contributed by atoms with Crippen LogP contribution in [0, 0.1) is 5.92 Å². The summed E-state index contributed by atoms with van der Waals surface area (Å²) in [6, 6.07) is 13.2. The molecule has 2 aromatic rings. The molecule has 1 fully saturated rings. The molecule has 0 spiro atoms. The molecule has 1 aromatic heterocycles. The minimum atomic E-state index is -3.55. The maximum Gasteiger partial charge on any atom is 0.248 e. The van der Waals surface area contributed by atoms with Crippen molar-refractivity contribution >= 4 is 10.0 Å². The molecule has 1 saturated carbocycles. The second-order valence-electron chi connectivity index (χ2n) is 6.50. The standard InChI is InChI=1S/C18H20N2O3S/c21-24(22)17-7-4-10-19-18(17)23-16(11-14-5-2-1-3-6-14)13-20(24)12-15-8-9-15/h1-7,10,15-16H,8-9,11-13H2. The van der Waals surface area contributed by atoms with Crippen LogP contribution in [0.5, 0.6) is 5.88 Å². The van der Waals surface area contributed by atoms with Crippen LogP contribution in [0.25, 0.3) is 0 Å². The molecule has 5 nitrogen and oxygen atoms in total. The Kier molecular flexibility index (Phi) is 4.02. The fourth-order valence-corrected chi connectivity index (χ4v) is 4.68. The van der Waals surface area contributed by atoms with E-state index in [2.05, 4.69) is 4.98 Å². The van der Waals surface area contributed by atoms with Gasteiger partial charge in [0.25, 0.3) is 0 Å². The van der Waals surface area contributed by atoms with Gasteiger partial charge in [0, 0.05) is 19.2 Å². The molecule has 2 aliphatic rings. The third kappa shape index (κ3) is 3.16. The van der Waals surface area contributed by atoms with Gasteiger partial charge in [-0.1, -0.05) is 30.3 Å². The summed E-state index contributed by atoms with van der Waals surface area (Å²) in [7, 11) is -3.55. The van der Waals surface area contributed by atoms with Crippen molar-refractivity contribution in [3.8, 4) is 5.88 Å². The summed E-state index contributed by atoms with van der Waals surface area (Å²) in [5.41, 5.74) is 1.13. The van der Waals surface area contributed by atoms with E-state index in [9.17, 15) is 8.42 Å². The van der Waals surface area contributed by atoms with E-state index in [0.717, 1.165) is 18.4 Å². The van der Waals surface area contributed by atoms with Crippen LogP contribution in [-0.2, 0) is 16.4 Å². The molecule has 1 aliphatic carbocycles. The van der Waals surface area contributed by atoms with Gasteiger partial charge in [-0.15, -0.1) is 0 Å². The minimum absolute atomic E-state index is 0.182. The molecule has 1 atom stereocenters. The predicted octanol–water partition coefficient (Wildman–Crippen LogP) is 2.49. The summed E-state index contributed by atoms with van der Waals surface area (Å²) < 4.78 is 33.6. The van der Waals surface area contributed by atoms with E-state index < -0.39 is 10.0 Å². The van der Waals surface area contributed by atoms with E-state index in [-0.39, 0.29) is 16.9 Å². The molecule has 0 N–H and O–H groups in total. The quantitative estimate of drug-likeness (QED) is 0.855. The Hall–Kier alpha value is -1.92. The van der Waals surface area contributed by atoms with Gasteiger partial charge in [-0.3, -0.25) is 0 Å². The summed E-state index contributed by atoms with van der Waals surface area (Å²) >= 11 is 0. The lowest BCUT2D eigenvalue weighted by atomic mass is 10.1. The zero-order valence-electron chi connectivity index (χ0n) is 13.3. The zero-order valence-corrected chi connectivity index (χ0v) is 14.2. The zero-order chi connectivity index (χ0) is 16.6. The van der Waals surface area contributed by atoms with Crippen molar-refractivity contribution in [1.29, 1.82) is 0 Å². The van der Waals surface area contributed by atoms with Gasteiger partial charge < -0.3 is 4.74 Å². The molecule has 0 bridgehead atoms. The van der Waals surface area contributed by atoms with Crippen molar-refractivity contribution in [3.63, 3.8) is 0 Å². The van der Waals surface area contributed by atoms with Gasteiger partial charge >= 0.3 is 0 Å². The molecule has 4 rings (SSSR count). The smallest absolute Gasteiger partial charge is 0.248 e. The highest BCUT2D eigenvalue weighted by Gasteiger charge is 2.38. The van der Waals surface area contributed by atoms with Gasteiger partial charge in [0.05, 0.1) is 6.54 Å². The van der Waals surface area contributed by atoms with Crippen molar-refractivity contribution in [2.45, 2.75) is 30.3 Å². The van der Waals surface area contributed by atoms with Gasteiger partial charge in [-0.25, -0.2) is 13.4 Å². The molecule has 24 heavy (non-hydrogen) atoms. The summed E-state index contributed by atoms with van der Waals surface area (Å²) in [6.45, 7) is 0.940. The topological polar surface area (TPSA) is 59.5 Å². The van der Waals surface area contributed by atoms with Crippen LogP contribution >= 0.6 is 0 Å². The normalized spacial score (nSPS) is 23.1. The number of hydrogen-bond acceptors (Lipinski definition) is 4. The molecule has 1 aromatic carbocycles. The Morgan fingerprint density at radius 3 is 2.67 bits per heavy atom. The number of fused-ring (bicyclic) bond motifs is 1. The Bertz CT molecular complexity index is 819. The number of sulfonamides is 1. The minimum Gasteiger partial charge on any atom is -0.472 e. The highest BCUT2D eigenvalue weighted by Crippen LogP contribution is 2.35. The Labute approximate surface area is 142 Å². The highest BCUT2D eigenvalue weighted by atomic mass is 32.2. The van der Waals surface area contributed by atoms with E-state index in [1.54, 1.807) is 22.6 Å². The number of benzene rings is 1. The lowest BCUT2D eigenvalue weighted by molar-refractivity contribution is 0.166. The summed E-state index contributed by atoms with van der Waals surface area (Å²) in [6.07, 6.45) is 4.21. The third-order valence-corrected chi connectivity index (χ3v) is 6.35. The number of ether oxygens (including phenoxy) is 1. The summed E-state index contributed by atoms with van der Waals surface area (Å²) in [5, 5.41) is 0. The summed E-state index contributed by atoms with van der Waals surface area (Å²) in [4.78, 5) is 4.35. The number of hydrogen-bond donors (Lipinski definition) is 0. The monoisotopic (exact) mass is 344 g/mol. The molecule has 126 valence electrons. The van der Waals surface area contributed by atoms with Gasteiger partial charge in [0.1, 0.15) is 11.0 Å². The fraction of sp³-hybridized carbons (Fsp3) is 0.389. The van der Waals surface area contributed by atoms with Crippen LogP contribution in [0.3, 0.4) is 0 Å². The van der Waals surface area contributed by atoms with Crippen LogP contribution in [0.15, 0.2) is 53.6 Å². The molecule has 0 amide bonds. The molecule has 0 radical (unpaired) electrons. The van der Waals surface area contributed by atoms with Gasteiger partial charge in [-0.05, 0) is 36.5 Å². The second kappa shape index (κ2) is 6.18. The lowest BCUT2D eigenvalue weighted by Crippen LogP contribution is -2.39. The number of nitrogens with zero attached hydrogens (tertiary/aromatic N) is 2. The van der Waals surface area contributed by atoms with E-state index in [1.807, 2.05) is 30.3 Å².